The van der Waals surface area contributed by atoms with Gasteiger partial charge in [0.1, 0.15) is 16.2 Å². The van der Waals surface area contributed by atoms with Gasteiger partial charge in [0.25, 0.3) is 0 Å². The number of nitrogens with zero attached hydrogens (tertiary/aromatic N) is 5. The highest BCUT2D eigenvalue weighted by atomic mass is 32.1. The van der Waals surface area contributed by atoms with Crippen molar-refractivity contribution in [3.8, 4) is 39.3 Å². The Labute approximate surface area is 272 Å². The van der Waals surface area contributed by atoms with Gasteiger partial charge in [0.05, 0.1) is 26.8 Å². The quantitative estimate of drug-likeness (QED) is 0.196. The summed E-state index contributed by atoms with van der Waals surface area (Å²) in [5.41, 5.74) is 7.40. The molecule has 0 unspecified atom stereocenters. The lowest BCUT2D eigenvalue weighted by atomic mass is 10.0. The molecule has 0 aliphatic heterocycles. The Morgan fingerprint density at radius 2 is 1.17 bits per heavy atom. The van der Waals surface area contributed by atoms with E-state index in [9.17, 15) is 0 Å². The summed E-state index contributed by atoms with van der Waals surface area (Å²) in [5, 5.41) is 5.18. The lowest BCUT2D eigenvalue weighted by Crippen LogP contribution is -2.06. The predicted molar refractivity (Wildman–Crippen MR) is 191 cm³/mol. The van der Waals surface area contributed by atoms with Crippen molar-refractivity contribution in [3.05, 3.63) is 140 Å². The number of para-hydroxylation sites is 4. The van der Waals surface area contributed by atoms with E-state index in [1.54, 1.807) is 11.3 Å². The van der Waals surface area contributed by atoms with Crippen LogP contribution in [0.3, 0.4) is 0 Å². The molecule has 0 fully saturated rings. The summed E-state index contributed by atoms with van der Waals surface area (Å²) in [6.45, 7) is 0. The Balaban J connectivity index is 1.25. The van der Waals surface area contributed by atoms with Crippen molar-refractivity contribution in [2.75, 3.05) is 0 Å². The molecule has 0 bridgehead atoms. The Bertz CT molecular complexity index is 2730. The van der Waals surface area contributed by atoms with Crippen molar-refractivity contribution in [1.29, 1.82) is 0 Å². The second kappa shape index (κ2) is 10.2. The molecule has 6 nitrogen and oxygen atoms in total. The molecule has 7 heteroatoms. The lowest BCUT2D eigenvalue weighted by molar-refractivity contribution is 0.670. The highest BCUT2D eigenvalue weighted by Crippen LogP contribution is 2.42. The maximum atomic E-state index is 6.62. The van der Waals surface area contributed by atoms with Crippen LogP contribution in [0.2, 0.25) is 0 Å². The van der Waals surface area contributed by atoms with Gasteiger partial charge in [-0.1, -0.05) is 103 Å². The zero-order chi connectivity index (χ0) is 30.9. The van der Waals surface area contributed by atoms with Gasteiger partial charge in [0.2, 0.25) is 5.95 Å². The summed E-state index contributed by atoms with van der Waals surface area (Å²) in [6, 6.07) is 47.4. The van der Waals surface area contributed by atoms with Crippen LogP contribution in [-0.4, -0.2) is 24.5 Å². The van der Waals surface area contributed by atoms with Gasteiger partial charge in [0.15, 0.2) is 11.6 Å². The zero-order valence-electron chi connectivity index (χ0n) is 24.8. The number of benzene rings is 6. The third-order valence-electron chi connectivity index (χ3n) is 8.72. The fourth-order valence-corrected chi connectivity index (χ4v) is 7.62. The maximum Gasteiger partial charge on any atom is 0.238 e. The van der Waals surface area contributed by atoms with Crippen LogP contribution in [0.1, 0.15) is 0 Å². The van der Waals surface area contributed by atoms with E-state index in [-0.39, 0.29) is 0 Å². The molecular weight excluding hydrogens is 599 g/mol. The third-order valence-corrected chi connectivity index (χ3v) is 9.79. The minimum atomic E-state index is 0.561. The molecule has 4 aromatic heterocycles. The van der Waals surface area contributed by atoms with Crippen molar-refractivity contribution in [1.82, 2.24) is 24.5 Å². The van der Waals surface area contributed by atoms with Crippen LogP contribution in [0.5, 0.6) is 0 Å². The molecule has 0 N–H and O–H groups in total. The molecule has 0 saturated carbocycles. The Morgan fingerprint density at radius 3 is 1.98 bits per heavy atom. The number of aromatic nitrogens is 5. The van der Waals surface area contributed by atoms with E-state index in [1.807, 2.05) is 60.7 Å². The van der Waals surface area contributed by atoms with Gasteiger partial charge >= 0.3 is 0 Å². The highest BCUT2D eigenvalue weighted by Gasteiger charge is 2.22. The van der Waals surface area contributed by atoms with Crippen LogP contribution in [0, 0.1) is 0 Å². The van der Waals surface area contributed by atoms with Gasteiger partial charge in [-0.05, 0) is 36.4 Å². The number of thiazole rings is 1. The van der Waals surface area contributed by atoms with Crippen LogP contribution in [0.15, 0.2) is 144 Å². The van der Waals surface area contributed by atoms with Crippen molar-refractivity contribution in [2.24, 2.45) is 0 Å². The molecule has 0 amide bonds. The van der Waals surface area contributed by atoms with Crippen LogP contribution < -0.4 is 0 Å². The van der Waals surface area contributed by atoms with E-state index in [0.29, 0.717) is 17.6 Å². The largest absolute Gasteiger partial charge is 0.455 e. The minimum Gasteiger partial charge on any atom is -0.455 e. The van der Waals surface area contributed by atoms with Crippen LogP contribution >= 0.6 is 11.3 Å². The Morgan fingerprint density at radius 1 is 0.511 bits per heavy atom. The molecule has 47 heavy (non-hydrogen) atoms. The number of hydrogen-bond acceptors (Lipinski definition) is 6. The molecule has 0 aliphatic rings. The first-order valence-electron chi connectivity index (χ1n) is 15.4. The number of rotatable bonds is 4. The molecule has 6 aromatic carbocycles. The number of furan rings is 1. The third kappa shape index (κ3) is 4.03. The topological polar surface area (TPSA) is 69.6 Å². The fourth-order valence-electron chi connectivity index (χ4n) is 6.63. The molecule has 0 saturated heterocycles. The van der Waals surface area contributed by atoms with Gasteiger partial charge in [0, 0.05) is 32.7 Å². The normalized spacial score (nSPS) is 11.8. The van der Waals surface area contributed by atoms with Crippen molar-refractivity contribution < 1.29 is 4.42 Å². The van der Waals surface area contributed by atoms with E-state index in [2.05, 4.69) is 83.4 Å². The molecule has 0 atom stereocenters. The summed E-state index contributed by atoms with van der Waals surface area (Å²) in [6.07, 6.45) is 0. The van der Waals surface area contributed by atoms with E-state index in [1.165, 1.54) is 0 Å². The van der Waals surface area contributed by atoms with Gasteiger partial charge < -0.3 is 4.42 Å². The monoisotopic (exact) mass is 621 g/mol. The first-order chi connectivity index (χ1) is 23.3. The SMILES string of the molecule is c1ccc(-c2nc(-c3cccc4oc5c(-c6nc7ccccc7s6)cccc5c34)nc(-n3c4ccccc4c4ccccc43)n2)cc1. The molecule has 0 aliphatic carbocycles. The van der Waals surface area contributed by atoms with E-state index in [4.69, 9.17) is 24.4 Å². The van der Waals surface area contributed by atoms with Crippen LogP contribution in [0.4, 0.5) is 0 Å². The van der Waals surface area contributed by atoms with Gasteiger partial charge in [-0.3, -0.25) is 4.57 Å². The predicted octanol–water partition coefficient (Wildman–Crippen LogP) is 10.5. The summed E-state index contributed by atoms with van der Waals surface area (Å²) in [7, 11) is 0. The van der Waals surface area contributed by atoms with Gasteiger partial charge in [-0.2, -0.15) is 9.97 Å². The second-order valence-corrected chi connectivity index (χ2v) is 12.5. The summed E-state index contributed by atoms with van der Waals surface area (Å²) in [5.74, 6) is 1.74. The standard InChI is InChI=1S/C40H23N5OS/c1-2-12-24(13-3-1)37-42-38(44-40(43-37)45-31-20-7-4-14-25(31)26-15-5-8-21-32(26)45)28-17-11-22-33-35(28)27-16-10-18-29(36(27)46-33)39-41-30-19-6-9-23-34(30)47-39/h1-23H. The van der Waals surface area contributed by atoms with Crippen molar-refractivity contribution in [3.63, 3.8) is 0 Å². The Hall–Kier alpha value is -6.18. The Kier molecular flexibility index (Phi) is 5.64. The van der Waals surface area contributed by atoms with Gasteiger partial charge in [-0.25, -0.2) is 9.97 Å². The van der Waals surface area contributed by atoms with Crippen LogP contribution in [0.25, 0.3) is 93.3 Å². The molecule has 10 rings (SSSR count). The molecule has 220 valence electrons. The molecular formula is C40H23N5OS. The van der Waals surface area contributed by atoms with Crippen molar-refractivity contribution in [2.45, 2.75) is 0 Å². The van der Waals surface area contributed by atoms with Gasteiger partial charge in [-0.15, -0.1) is 11.3 Å². The summed E-state index contributed by atoms with van der Waals surface area (Å²) in [4.78, 5) is 20.3. The zero-order valence-corrected chi connectivity index (χ0v) is 25.6. The molecule has 4 heterocycles. The number of hydrogen-bond donors (Lipinski definition) is 0. The second-order valence-electron chi connectivity index (χ2n) is 11.5. The summed E-state index contributed by atoms with van der Waals surface area (Å²) >= 11 is 1.67. The maximum absolute atomic E-state index is 6.62. The average Bonchev–Trinajstić information content (AvgIpc) is 3.83. The average molecular weight is 622 g/mol. The smallest absolute Gasteiger partial charge is 0.238 e. The minimum absolute atomic E-state index is 0.561. The highest BCUT2D eigenvalue weighted by molar-refractivity contribution is 7.21. The van der Waals surface area contributed by atoms with Crippen molar-refractivity contribution >= 4 is 65.3 Å². The first kappa shape index (κ1) is 26.1. The van der Waals surface area contributed by atoms with E-state index < -0.39 is 0 Å². The molecule has 0 radical (unpaired) electrons. The number of fused-ring (bicyclic) bond motifs is 7. The fraction of sp³-hybridized carbons (Fsp3) is 0. The van der Waals surface area contributed by atoms with Crippen LogP contribution in [-0.2, 0) is 0 Å². The van der Waals surface area contributed by atoms with E-state index >= 15 is 0 Å². The molecule has 0 spiro atoms. The lowest BCUT2D eigenvalue weighted by Gasteiger charge is -2.11. The van der Waals surface area contributed by atoms with E-state index in [0.717, 1.165) is 75.7 Å². The molecule has 10 aromatic rings. The summed E-state index contributed by atoms with van der Waals surface area (Å²) < 4.78 is 9.90. The first-order valence-corrected chi connectivity index (χ1v) is 16.2.